The Morgan fingerprint density at radius 3 is 2.37 bits per heavy atom. The molecule has 0 aliphatic rings. The molecule has 2 aromatic rings. The summed E-state index contributed by atoms with van der Waals surface area (Å²) in [6.45, 7) is 0.540. The van der Waals surface area contributed by atoms with Gasteiger partial charge in [0, 0.05) is 6.54 Å². The summed E-state index contributed by atoms with van der Waals surface area (Å²) >= 11 is 0. The first-order valence-electron chi connectivity index (χ1n) is 5.88. The van der Waals surface area contributed by atoms with E-state index in [2.05, 4.69) is 10.3 Å². The molecule has 0 aliphatic heterocycles. The maximum Gasteiger partial charge on any atom is 0.433 e. The monoisotopic (exact) mass is 266 g/mol. The zero-order valence-corrected chi connectivity index (χ0v) is 10.1. The van der Waals surface area contributed by atoms with Gasteiger partial charge in [-0.15, -0.1) is 0 Å². The van der Waals surface area contributed by atoms with Crippen LogP contribution in [0.5, 0.6) is 0 Å². The largest absolute Gasteiger partial charge is 0.433 e. The van der Waals surface area contributed by atoms with Crippen molar-refractivity contribution in [2.45, 2.75) is 12.6 Å². The molecule has 0 bridgehead atoms. The molecule has 0 aliphatic carbocycles. The molecule has 5 heteroatoms. The van der Waals surface area contributed by atoms with Gasteiger partial charge in [-0.3, -0.25) is 0 Å². The fourth-order valence-electron chi connectivity index (χ4n) is 1.67. The normalized spacial score (nSPS) is 11.3. The van der Waals surface area contributed by atoms with Crippen molar-refractivity contribution in [3.05, 3.63) is 59.8 Å². The van der Waals surface area contributed by atoms with Crippen molar-refractivity contribution in [2.24, 2.45) is 0 Å². The van der Waals surface area contributed by atoms with Crippen molar-refractivity contribution in [3.8, 4) is 0 Å². The van der Waals surface area contributed by atoms with Gasteiger partial charge in [0.2, 0.25) is 0 Å². The van der Waals surface area contributed by atoms with Crippen LogP contribution in [0.3, 0.4) is 0 Å². The molecule has 2 rings (SSSR count). The van der Waals surface area contributed by atoms with Crippen LogP contribution in [0.1, 0.15) is 11.3 Å². The van der Waals surface area contributed by atoms with E-state index in [4.69, 9.17) is 0 Å². The highest BCUT2D eigenvalue weighted by molar-refractivity contribution is 5.36. The Kier molecular flexibility index (Phi) is 4.04. The lowest BCUT2D eigenvalue weighted by atomic mass is 10.1. The molecule has 19 heavy (non-hydrogen) atoms. The van der Waals surface area contributed by atoms with Crippen LogP contribution < -0.4 is 5.32 Å². The number of pyridine rings is 1. The molecule has 0 saturated carbocycles. The summed E-state index contributed by atoms with van der Waals surface area (Å²) < 4.78 is 37.4. The van der Waals surface area contributed by atoms with E-state index in [1.54, 1.807) is 0 Å². The van der Waals surface area contributed by atoms with E-state index in [0.717, 1.165) is 18.1 Å². The number of alkyl halides is 3. The van der Waals surface area contributed by atoms with Gasteiger partial charge in [-0.05, 0) is 24.1 Å². The SMILES string of the molecule is FC(F)(F)c1cccc(NCCc2ccccc2)n1. The molecule has 0 amide bonds. The van der Waals surface area contributed by atoms with E-state index in [9.17, 15) is 13.2 Å². The minimum Gasteiger partial charge on any atom is -0.370 e. The minimum absolute atomic E-state index is 0.241. The molecule has 1 aromatic carbocycles. The predicted octanol–water partition coefficient (Wildman–Crippen LogP) is 3.76. The van der Waals surface area contributed by atoms with Crippen molar-refractivity contribution < 1.29 is 13.2 Å². The number of nitrogens with zero attached hydrogens (tertiary/aromatic N) is 1. The van der Waals surface area contributed by atoms with Gasteiger partial charge in [0.05, 0.1) is 0 Å². The van der Waals surface area contributed by atoms with Crippen molar-refractivity contribution in [2.75, 3.05) is 11.9 Å². The summed E-state index contributed by atoms with van der Waals surface area (Å²) in [7, 11) is 0. The Hall–Kier alpha value is -2.04. The second-order valence-corrected chi connectivity index (χ2v) is 4.07. The van der Waals surface area contributed by atoms with Gasteiger partial charge in [-0.2, -0.15) is 13.2 Å². The predicted molar refractivity (Wildman–Crippen MR) is 67.9 cm³/mol. The number of aromatic nitrogens is 1. The Bertz CT molecular complexity index is 524. The number of anilines is 1. The minimum atomic E-state index is -4.41. The highest BCUT2D eigenvalue weighted by Gasteiger charge is 2.32. The average Bonchev–Trinajstić information content (AvgIpc) is 2.39. The summed E-state index contributed by atoms with van der Waals surface area (Å²) in [5, 5.41) is 2.89. The zero-order valence-electron chi connectivity index (χ0n) is 10.1. The van der Waals surface area contributed by atoms with Crippen LogP contribution in [0, 0.1) is 0 Å². The van der Waals surface area contributed by atoms with Crippen LogP contribution in [0.4, 0.5) is 19.0 Å². The topological polar surface area (TPSA) is 24.9 Å². The molecule has 0 radical (unpaired) electrons. The number of rotatable bonds is 4. The van der Waals surface area contributed by atoms with Gasteiger partial charge in [0.1, 0.15) is 11.5 Å². The number of benzene rings is 1. The van der Waals surface area contributed by atoms with E-state index < -0.39 is 11.9 Å². The molecule has 100 valence electrons. The van der Waals surface area contributed by atoms with Gasteiger partial charge in [-0.1, -0.05) is 36.4 Å². The molecule has 2 nitrogen and oxygen atoms in total. The number of hydrogen-bond donors (Lipinski definition) is 1. The standard InChI is InChI=1S/C14H13F3N2/c15-14(16,17)12-7-4-8-13(19-12)18-10-9-11-5-2-1-3-6-11/h1-8H,9-10H2,(H,18,19). The first-order valence-corrected chi connectivity index (χ1v) is 5.88. The Balaban J connectivity index is 1.93. The molecular formula is C14H13F3N2. The zero-order chi connectivity index (χ0) is 13.7. The third kappa shape index (κ3) is 3.98. The molecule has 0 fully saturated rings. The number of nitrogens with one attached hydrogen (secondary N) is 1. The molecule has 0 unspecified atom stereocenters. The maximum atomic E-state index is 12.5. The van der Waals surface area contributed by atoms with Crippen molar-refractivity contribution in [1.82, 2.24) is 4.98 Å². The van der Waals surface area contributed by atoms with E-state index in [1.165, 1.54) is 12.1 Å². The van der Waals surface area contributed by atoms with Crippen LogP contribution in [0.25, 0.3) is 0 Å². The second-order valence-electron chi connectivity index (χ2n) is 4.07. The fraction of sp³-hybridized carbons (Fsp3) is 0.214. The molecule has 0 atom stereocenters. The smallest absolute Gasteiger partial charge is 0.370 e. The fourth-order valence-corrected chi connectivity index (χ4v) is 1.67. The molecular weight excluding hydrogens is 253 g/mol. The lowest BCUT2D eigenvalue weighted by Gasteiger charge is -2.09. The summed E-state index contributed by atoms with van der Waals surface area (Å²) in [5.74, 6) is 0.241. The molecule has 0 saturated heterocycles. The van der Waals surface area contributed by atoms with Gasteiger partial charge in [0.15, 0.2) is 0 Å². The highest BCUT2D eigenvalue weighted by atomic mass is 19.4. The average molecular weight is 266 g/mol. The van der Waals surface area contributed by atoms with Crippen molar-refractivity contribution >= 4 is 5.82 Å². The van der Waals surface area contributed by atoms with Gasteiger partial charge < -0.3 is 5.32 Å². The van der Waals surface area contributed by atoms with Crippen molar-refractivity contribution in [1.29, 1.82) is 0 Å². The lowest BCUT2D eigenvalue weighted by molar-refractivity contribution is -0.141. The van der Waals surface area contributed by atoms with Gasteiger partial charge >= 0.3 is 6.18 Å². The Labute approximate surface area is 109 Å². The van der Waals surface area contributed by atoms with Gasteiger partial charge in [-0.25, -0.2) is 4.98 Å². The molecule has 0 spiro atoms. The van der Waals surface area contributed by atoms with Crippen LogP contribution >= 0.6 is 0 Å². The van der Waals surface area contributed by atoms with Crippen molar-refractivity contribution in [3.63, 3.8) is 0 Å². The number of halogens is 3. The summed E-state index contributed by atoms with van der Waals surface area (Å²) in [6, 6.07) is 13.6. The molecule has 1 N–H and O–H groups in total. The molecule has 1 aromatic heterocycles. The van der Waals surface area contributed by atoms with E-state index in [0.29, 0.717) is 6.54 Å². The Morgan fingerprint density at radius 1 is 0.947 bits per heavy atom. The second kappa shape index (κ2) is 5.73. The van der Waals surface area contributed by atoms with Crippen LogP contribution in [-0.4, -0.2) is 11.5 Å². The highest BCUT2D eigenvalue weighted by Crippen LogP contribution is 2.28. The number of hydrogen-bond acceptors (Lipinski definition) is 2. The third-order valence-electron chi connectivity index (χ3n) is 2.60. The van der Waals surface area contributed by atoms with Gasteiger partial charge in [0.25, 0.3) is 0 Å². The first kappa shape index (κ1) is 13.4. The Morgan fingerprint density at radius 2 is 1.68 bits per heavy atom. The summed E-state index contributed by atoms with van der Waals surface area (Å²) in [5.41, 5.74) is 0.249. The van der Waals surface area contributed by atoms with Crippen LogP contribution in [0.15, 0.2) is 48.5 Å². The first-order chi connectivity index (χ1) is 9.05. The van der Waals surface area contributed by atoms with Crippen LogP contribution in [0.2, 0.25) is 0 Å². The third-order valence-corrected chi connectivity index (χ3v) is 2.60. The van der Waals surface area contributed by atoms with Crippen LogP contribution in [-0.2, 0) is 12.6 Å². The summed E-state index contributed by atoms with van der Waals surface area (Å²) in [6.07, 6.45) is -3.67. The quantitative estimate of drug-likeness (QED) is 0.911. The molecule has 1 heterocycles. The van der Waals surface area contributed by atoms with E-state index in [-0.39, 0.29) is 5.82 Å². The lowest BCUT2D eigenvalue weighted by Crippen LogP contribution is -2.11. The van der Waals surface area contributed by atoms with E-state index in [1.807, 2.05) is 30.3 Å². The summed E-state index contributed by atoms with van der Waals surface area (Å²) in [4.78, 5) is 3.54. The van der Waals surface area contributed by atoms with E-state index >= 15 is 0 Å². The maximum absolute atomic E-state index is 12.5.